The zero-order valence-electron chi connectivity index (χ0n) is 17.8. The summed E-state index contributed by atoms with van der Waals surface area (Å²) in [7, 11) is 1.57. The first kappa shape index (κ1) is 21.8. The summed E-state index contributed by atoms with van der Waals surface area (Å²) in [6.07, 6.45) is 3.94. The van der Waals surface area contributed by atoms with Crippen LogP contribution in [0.3, 0.4) is 0 Å². The number of anilines is 1. The van der Waals surface area contributed by atoms with Gasteiger partial charge in [-0.15, -0.1) is 0 Å². The van der Waals surface area contributed by atoms with Crippen molar-refractivity contribution in [2.75, 3.05) is 12.4 Å². The van der Waals surface area contributed by atoms with Crippen LogP contribution in [0.2, 0.25) is 0 Å². The molecule has 0 aliphatic rings. The van der Waals surface area contributed by atoms with E-state index in [9.17, 15) is 9.18 Å². The fourth-order valence-electron chi connectivity index (χ4n) is 3.55. The third-order valence-corrected chi connectivity index (χ3v) is 6.11. The molecule has 164 valence electrons. The maximum absolute atomic E-state index is 13.6. The lowest BCUT2D eigenvalue weighted by atomic mass is 10.2. The zero-order valence-corrected chi connectivity index (χ0v) is 18.6. The predicted octanol–water partition coefficient (Wildman–Crippen LogP) is 5.46. The van der Waals surface area contributed by atoms with Crippen molar-refractivity contribution in [3.05, 3.63) is 78.4 Å². The van der Waals surface area contributed by atoms with Gasteiger partial charge < -0.3 is 14.6 Å². The summed E-state index contributed by atoms with van der Waals surface area (Å²) in [5.74, 6) is 0.670. The molecule has 1 unspecified atom stereocenters. The van der Waals surface area contributed by atoms with Gasteiger partial charge in [0.25, 0.3) is 0 Å². The van der Waals surface area contributed by atoms with Gasteiger partial charge >= 0.3 is 0 Å². The van der Waals surface area contributed by atoms with Gasteiger partial charge in [-0.05, 0) is 42.3 Å². The predicted molar refractivity (Wildman–Crippen MR) is 124 cm³/mol. The van der Waals surface area contributed by atoms with Crippen molar-refractivity contribution >= 4 is 34.4 Å². The van der Waals surface area contributed by atoms with Crippen LogP contribution in [0, 0.1) is 5.82 Å². The number of para-hydroxylation sites is 2. The van der Waals surface area contributed by atoms with E-state index in [-0.39, 0.29) is 11.7 Å². The lowest BCUT2D eigenvalue weighted by molar-refractivity contribution is -0.119. The summed E-state index contributed by atoms with van der Waals surface area (Å²) in [6.45, 7) is 1.95. The molecule has 2 aromatic heterocycles. The number of imidazole rings is 1. The molecule has 4 aromatic rings. The molecule has 0 fully saturated rings. The second kappa shape index (κ2) is 9.82. The Hall–Kier alpha value is -3.39. The van der Waals surface area contributed by atoms with Crippen molar-refractivity contribution in [1.82, 2.24) is 14.5 Å². The largest absolute Gasteiger partial charge is 0.495 e. The van der Waals surface area contributed by atoms with Crippen molar-refractivity contribution < 1.29 is 13.9 Å². The van der Waals surface area contributed by atoms with E-state index in [0.717, 1.165) is 16.6 Å². The molecule has 6 nitrogen and oxygen atoms in total. The van der Waals surface area contributed by atoms with Gasteiger partial charge in [0.1, 0.15) is 17.6 Å². The average Bonchev–Trinajstić information content (AvgIpc) is 3.17. The summed E-state index contributed by atoms with van der Waals surface area (Å²) < 4.78 is 20.9. The monoisotopic (exact) mass is 450 g/mol. The first-order chi connectivity index (χ1) is 15.6. The highest BCUT2D eigenvalue weighted by molar-refractivity contribution is 7.98. The zero-order chi connectivity index (χ0) is 22.5. The van der Waals surface area contributed by atoms with E-state index in [1.165, 1.54) is 23.9 Å². The number of carbonyl (C=O) groups excluding carboxylic acids is 1. The van der Waals surface area contributed by atoms with Gasteiger partial charge in [-0.25, -0.2) is 9.37 Å². The maximum Gasteiger partial charge on any atom is 0.247 e. The number of fused-ring (bicyclic) bond motifs is 1. The number of nitrogens with one attached hydrogen (secondary N) is 1. The molecule has 0 bridgehead atoms. The van der Waals surface area contributed by atoms with Gasteiger partial charge in [-0.2, -0.15) is 0 Å². The van der Waals surface area contributed by atoms with E-state index in [4.69, 9.17) is 9.72 Å². The highest BCUT2D eigenvalue weighted by Crippen LogP contribution is 2.32. The number of pyridine rings is 1. The molecule has 0 aliphatic heterocycles. The molecule has 32 heavy (non-hydrogen) atoms. The summed E-state index contributed by atoms with van der Waals surface area (Å²) in [6, 6.07) is 15.1. The number of thioether (sulfide) groups is 1. The topological polar surface area (TPSA) is 69.0 Å². The Morgan fingerprint density at radius 1 is 1.22 bits per heavy atom. The molecule has 0 spiro atoms. The SMILES string of the molecule is CCC(C(=O)Nc1ccccc1OC)n1c(SCc2cccc(F)c2)nc2ccncc21. The van der Waals surface area contributed by atoms with Crippen LogP contribution in [0.5, 0.6) is 5.75 Å². The van der Waals surface area contributed by atoms with Gasteiger partial charge in [-0.3, -0.25) is 9.78 Å². The van der Waals surface area contributed by atoms with Gasteiger partial charge in [0, 0.05) is 11.9 Å². The van der Waals surface area contributed by atoms with Crippen molar-refractivity contribution in [1.29, 1.82) is 0 Å². The fourth-order valence-corrected chi connectivity index (χ4v) is 4.55. The molecule has 1 atom stereocenters. The number of halogens is 1. The summed E-state index contributed by atoms with van der Waals surface area (Å²) >= 11 is 1.46. The Morgan fingerprint density at radius 3 is 2.84 bits per heavy atom. The summed E-state index contributed by atoms with van der Waals surface area (Å²) in [4.78, 5) is 22.3. The summed E-state index contributed by atoms with van der Waals surface area (Å²) in [5, 5.41) is 3.66. The minimum atomic E-state index is -0.510. The van der Waals surface area contributed by atoms with Gasteiger partial charge in [-0.1, -0.05) is 43.0 Å². The lowest BCUT2D eigenvalue weighted by Crippen LogP contribution is -2.26. The smallest absolute Gasteiger partial charge is 0.247 e. The van der Waals surface area contributed by atoms with E-state index >= 15 is 0 Å². The molecule has 2 heterocycles. The number of rotatable bonds is 8. The van der Waals surface area contributed by atoms with E-state index in [2.05, 4.69) is 10.3 Å². The lowest BCUT2D eigenvalue weighted by Gasteiger charge is -2.20. The van der Waals surface area contributed by atoms with Gasteiger partial charge in [0.2, 0.25) is 5.91 Å². The average molecular weight is 451 g/mol. The first-order valence-electron chi connectivity index (χ1n) is 10.2. The van der Waals surface area contributed by atoms with Crippen LogP contribution in [-0.2, 0) is 10.5 Å². The molecule has 8 heteroatoms. The number of ether oxygens (including phenoxy) is 1. The highest BCUT2D eigenvalue weighted by atomic mass is 32.2. The number of methoxy groups -OCH3 is 1. The van der Waals surface area contributed by atoms with Crippen LogP contribution in [-0.4, -0.2) is 27.6 Å². The third kappa shape index (κ3) is 4.60. The molecule has 4 rings (SSSR count). The second-order valence-corrected chi connectivity index (χ2v) is 8.10. The van der Waals surface area contributed by atoms with Crippen LogP contribution in [0.25, 0.3) is 11.0 Å². The van der Waals surface area contributed by atoms with Crippen molar-refractivity contribution in [3.8, 4) is 5.75 Å². The Kier molecular flexibility index (Phi) is 6.70. The van der Waals surface area contributed by atoms with E-state index in [1.54, 1.807) is 37.7 Å². The van der Waals surface area contributed by atoms with Crippen LogP contribution >= 0.6 is 11.8 Å². The minimum Gasteiger partial charge on any atom is -0.495 e. The first-order valence-corrected chi connectivity index (χ1v) is 11.2. The van der Waals surface area contributed by atoms with E-state index < -0.39 is 6.04 Å². The molecule has 2 aromatic carbocycles. The standard InChI is InChI=1S/C24H23FN4O2S/c1-3-20(23(30)27-19-9-4-5-10-22(19)31-2)29-21-14-26-12-11-18(21)28-24(29)32-15-16-7-6-8-17(25)13-16/h4-14,20H,3,15H2,1-2H3,(H,27,30). The molecule has 1 amide bonds. The molecular formula is C24H23FN4O2S. The Labute approximate surface area is 189 Å². The number of amides is 1. The second-order valence-electron chi connectivity index (χ2n) is 7.16. The molecule has 0 aliphatic carbocycles. The molecule has 0 saturated heterocycles. The normalized spacial score (nSPS) is 12.0. The molecule has 0 saturated carbocycles. The van der Waals surface area contributed by atoms with Gasteiger partial charge in [0.05, 0.1) is 30.0 Å². The van der Waals surface area contributed by atoms with Crippen LogP contribution in [0.1, 0.15) is 24.9 Å². The Balaban J connectivity index is 1.67. The van der Waals surface area contributed by atoms with Crippen LogP contribution in [0.15, 0.2) is 72.1 Å². The fraction of sp³-hybridized carbons (Fsp3) is 0.208. The van der Waals surface area contributed by atoms with Crippen molar-refractivity contribution in [3.63, 3.8) is 0 Å². The number of nitrogens with zero attached hydrogens (tertiary/aromatic N) is 3. The minimum absolute atomic E-state index is 0.173. The number of hydrogen-bond donors (Lipinski definition) is 1. The number of aromatic nitrogens is 3. The Morgan fingerprint density at radius 2 is 2.06 bits per heavy atom. The van der Waals surface area contributed by atoms with Crippen LogP contribution in [0.4, 0.5) is 10.1 Å². The highest BCUT2D eigenvalue weighted by Gasteiger charge is 2.25. The third-order valence-electron chi connectivity index (χ3n) is 5.08. The number of benzene rings is 2. The molecule has 1 N–H and O–H groups in total. The van der Waals surface area contributed by atoms with Crippen LogP contribution < -0.4 is 10.1 Å². The van der Waals surface area contributed by atoms with E-state index in [0.29, 0.717) is 28.8 Å². The van der Waals surface area contributed by atoms with Crippen molar-refractivity contribution in [2.45, 2.75) is 30.3 Å². The van der Waals surface area contributed by atoms with Gasteiger partial charge in [0.15, 0.2) is 5.16 Å². The molecular weight excluding hydrogens is 427 g/mol. The number of carbonyl (C=O) groups is 1. The molecule has 0 radical (unpaired) electrons. The summed E-state index contributed by atoms with van der Waals surface area (Å²) in [5.41, 5.74) is 2.98. The Bertz CT molecular complexity index is 1240. The maximum atomic E-state index is 13.6. The van der Waals surface area contributed by atoms with Crippen molar-refractivity contribution in [2.24, 2.45) is 0 Å². The quantitative estimate of drug-likeness (QED) is 0.361. The van der Waals surface area contributed by atoms with E-state index in [1.807, 2.05) is 35.8 Å². The number of hydrogen-bond acceptors (Lipinski definition) is 5.